The molecule has 1 aromatic carbocycles. The SMILES string of the molecule is COC1=C2C(=CC3Oc4c(CCC(C)(C)O)ccc(O)c4C(=O)C13)O[C@H]1OC=C[C@@H]21. The average molecular weight is 412 g/mol. The topological polar surface area (TPSA) is 94.5 Å². The van der Waals surface area contributed by atoms with E-state index in [4.69, 9.17) is 18.9 Å². The van der Waals surface area contributed by atoms with E-state index in [0.717, 1.165) is 11.1 Å². The quantitative estimate of drug-likeness (QED) is 0.785. The minimum absolute atomic E-state index is 0.125. The number of aliphatic hydroxyl groups is 1. The van der Waals surface area contributed by atoms with Gasteiger partial charge in [0.2, 0.25) is 0 Å². The van der Waals surface area contributed by atoms with Gasteiger partial charge in [0.15, 0.2) is 5.78 Å². The van der Waals surface area contributed by atoms with Crippen molar-refractivity contribution in [3.63, 3.8) is 0 Å². The molecular weight excluding hydrogens is 388 g/mol. The van der Waals surface area contributed by atoms with Crippen LogP contribution in [0.4, 0.5) is 0 Å². The second-order valence-electron chi connectivity index (χ2n) is 8.67. The molecule has 0 saturated carbocycles. The lowest BCUT2D eigenvalue weighted by Gasteiger charge is -2.36. The number of rotatable bonds is 4. The summed E-state index contributed by atoms with van der Waals surface area (Å²) >= 11 is 0. The zero-order valence-electron chi connectivity index (χ0n) is 17.0. The van der Waals surface area contributed by atoms with E-state index in [2.05, 4.69) is 0 Å². The molecule has 158 valence electrons. The highest BCUT2D eigenvalue weighted by molar-refractivity contribution is 6.06. The molecule has 3 heterocycles. The smallest absolute Gasteiger partial charge is 0.250 e. The molecule has 4 atom stereocenters. The number of ketones is 1. The van der Waals surface area contributed by atoms with Crippen molar-refractivity contribution in [3.05, 3.63) is 58.8 Å². The second kappa shape index (κ2) is 6.54. The summed E-state index contributed by atoms with van der Waals surface area (Å²) in [5.41, 5.74) is 0.850. The van der Waals surface area contributed by atoms with Crippen molar-refractivity contribution in [2.24, 2.45) is 11.8 Å². The van der Waals surface area contributed by atoms with Gasteiger partial charge in [0.05, 0.1) is 24.9 Å². The van der Waals surface area contributed by atoms with E-state index in [1.807, 2.05) is 6.08 Å². The molecule has 0 spiro atoms. The summed E-state index contributed by atoms with van der Waals surface area (Å²) in [5, 5.41) is 20.6. The van der Waals surface area contributed by atoms with Crippen molar-refractivity contribution in [2.45, 2.75) is 44.7 Å². The second-order valence-corrected chi connectivity index (χ2v) is 8.67. The molecule has 0 bridgehead atoms. The highest BCUT2D eigenvalue weighted by Crippen LogP contribution is 2.50. The Morgan fingerprint density at radius 3 is 2.77 bits per heavy atom. The molecule has 5 rings (SSSR count). The summed E-state index contributed by atoms with van der Waals surface area (Å²) in [4.78, 5) is 13.6. The summed E-state index contributed by atoms with van der Waals surface area (Å²) in [6, 6.07) is 3.24. The first-order chi connectivity index (χ1) is 14.3. The summed E-state index contributed by atoms with van der Waals surface area (Å²) < 4.78 is 23.3. The minimum atomic E-state index is -0.858. The van der Waals surface area contributed by atoms with E-state index in [1.165, 1.54) is 13.2 Å². The Labute approximate surface area is 174 Å². The first-order valence-electron chi connectivity index (χ1n) is 10.1. The number of benzene rings is 1. The van der Waals surface area contributed by atoms with Crippen LogP contribution in [0.25, 0.3) is 0 Å². The lowest BCUT2D eigenvalue weighted by molar-refractivity contribution is -0.0479. The standard InChI is InChI=1S/C23H24O7/c1-23(2,26)8-6-11-4-5-13(24)17-19(25)18-15(29-20(11)17)10-14-16(21(18)27-3)12-7-9-28-22(12)30-14/h4-5,7,9-10,12,15,18,22,24,26H,6,8H2,1-3H3/t12-,15?,18?,22+/m0/s1. The predicted molar refractivity (Wildman–Crippen MR) is 106 cm³/mol. The highest BCUT2D eigenvalue weighted by atomic mass is 16.7. The van der Waals surface area contributed by atoms with E-state index >= 15 is 0 Å². The number of phenolic OH excluding ortho intramolecular Hbond substituents is 1. The first kappa shape index (κ1) is 19.1. The Bertz CT molecular complexity index is 1010. The molecule has 1 aromatic rings. The molecule has 0 amide bonds. The predicted octanol–water partition coefficient (Wildman–Crippen LogP) is 2.97. The van der Waals surface area contributed by atoms with Gasteiger partial charge in [-0.3, -0.25) is 4.79 Å². The molecule has 1 fully saturated rings. The van der Waals surface area contributed by atoms with E-state index < -0.39 is 23.9 Å². The number of aromatic hydroxyl groups is 1. The summed E-state index contributed by atoms with van der Waals surface area (Å²) in [6.45, 7) is 3.46. The molecule has 7 nitrogen and oxygen atoms in total. The van der Waals surface area contributed by atoms with Crippen molar-refractivity contribution < 1.29 is 34.0 Å². The number of ether oxygens (including phenoxy) is 4. The van der Waals surface area contributed by atoms with Gasteiger partial charge in [-0.2, -0.15) is 0 Å². The fourth-order valence-electron chi connectivity index (χ4n) is 4.57. The third-order valence-corrected chi connectivity index (χ3v) is 6.05. The molecule has 2 unspecified atom stereocenters. The van der Waals surface area contributed by atoms with Gasteiger partial charge in [0.25, 0.3) is 6.29 Å². The third-order valence-electron chi connectivity index (χ3n) is 6.05. The number of aryl methyl sites for hydroxylation is 1. The Morgan fingerprint density at radius 2 is 2.03 bits per heavy atom. The Kier molecular flexibility index (Phi) is 4.15. The number of fused-ring (bicyclic) bond motifs is 5. The zero-order valence-corrected chi connectivity index (χ0v) is 17.0. The molecule has 1 saturated heterocycles. The van der Waals surface area contributed by atoms with Crippen LogP contribution in [0.1, 0.15) is 36.2 Å². The number of allylic oxidation sites excluding steroid dienone is 1. The number of Topliss-reactive ketones (excluding diaryl/α,β-unsaturated/α-hetero) is 1. The van der Waals surface area contributed by atoms with Crippen molar-refractivity contribution in [3.8, 4) is 11.5 Å². The van der Waals surface area contributed by atoms with Crippen molar-refractivity contribution in [2.75, 3.05) is 7.11 Å². The molecule has 4 aliphatic rings. The minimum Gasteiger partial charge on any atom is -0.507 e. The fourth-order valence-corrected chi connectivity index (χ4v) is 4.57. The van der Waals surface area contributed by atoms with Crippen LogP contribution in [-0.2, 0) is 20.6 Å². The normalized spacial score (nSPS) is 28.5. The number of carbonyl (C=O) groups is 1. The lowest BCUT2D eigenvalue weighted by Crippen LogP contribution is -2.41. The number of carbonyl (C=O) groups excluding carboxylic acids is 1. The van der Waals surface area contributed by atoms with Gasteiger partial charge < -0.3 is 29.2 Å². The van der Waals surface area contributed by atoms with Crippen LogP contribution in [-0.4, -0.2) is 41.1 Å². The molecule has 30 heavy (non-hydrogen) atoms. The number of methoxy groups -OCH3 is 1. The molecular formula is C23H24O7. The van der Waals surface area contributed by atoms with Crippen LogP contribution in [0.5, 0.6) is 11.5 Å². The van der Waals surface area contributed by atoms with Crippen molar-refractivity contribution >= 4 is 5.78 Å². The zero-order chi connectivity index (χ0) is 21.2. The first-order valence-corrected chi connectivity index (χ1v) is 10.1. The van der Waals surface area contributed by atoms with Gasteiger partial charge in [-0.05, 0) is 50.5 Å². The van der Waals surface area contributed by atoms with Crippen LogP contribution in [0.2, 0.25) is 0 Å². The van der Waals surface area contributed by atoms with Crippen LogP contribution in [0, 0.1) is 11.8 Å². The third kappa shape index (κ3) is 2.80. The molecule has 0 radical (unpaired) electrons. The van der Waals surface area contributed by atoms with Gasteiger partial charge in [0, 0.05) is 5.57 Å². The molecule has 0 aromatic heterocycles. The molecule has 1 aliphatic carbocycles. The number of hydrogen-bond acceptors (Lipinski definition) is 7. The largest absolute Gasteiger partial charge is 0.507 e. The Balaban J connectivity index is 1.59. The lowest BCUT2D eigenvalue weighted by atomic mass is 9.79. The number of phenols is 1. The summed E-state index contributed by atoms with van der Waals surface area (Å²) in [6.07, 6.45) is 5.17. The van der Waals surface area contributed by atoms with E-state index in [1.54, 1.807) is 32.3 Å². The summed E-state index contributed by atoms with van der Waals surface area (Å²) in [5.74, 6) is 0.200. The van der Waals surface area contributed by atoms with Crippen molar-refractivity contribution in [1.29, 1.82) is 0 Å². The Hall–Kier alpha value is -2.93. The molecule has 3 aliphatic heterocycles. The van der Waals surface area contributed by atoms with Gasteiger partial charge in [-0.25, -0.2) is 0 Å². The van der Waals surface area contributed by atoms with Gasteiger partial charge in [-0.15, -0.1) is 0 Å². The van der Waals surface area contributed by atoms with Crippen LogP contribution >= 0.6 is 0 Å². The highest BCUT2D eigenvalue weighted by Gasteiger charge is 2.52. The maximum atomic E-state index is 13.6. The number of hydrogen-bond donors (Lipinski definition) is 2. The van der Waals surface area contributed by atoms with Gasteiger partial charge in [-0.1, -0.05) is 6.07 Å². The summed E-state index contributed by atoms with van der Waals surface area (Å²) in [7, 11) is 1.53. The van der Waals surface area contributed by atoms with Crippen molar-refractivity contribution in [1.82, 2.24) is 0 Å². The van der Waals surface area contributed by atoms with E-state index in [0.29, 0.717) is 30.1 Å². The fraction of sp³-hybridized carbons (Fsp3) is 0.435. The van der Waals surface area contributed by atoms with Crippen LogP contribution in [0.3, 0.4) is 0 Å². The maximum absolute atomic E-state index is 13.6. The van der Waals surface area contributed by atoms with Crippen LogP contribution < -0.4 is 4.74 Å². The van der Waals surface area contributed by atoms with E-state index in [-0.39, 0.29) is 23.0 Å². The molecule has 7 heteroatoms. The monoisotopic (exact) mass is 412 g/mol. The van der Waals surface area contributed by atoms with Crippen LogP contribution in [0.15, 0.2) is 47.6 Å². The average Bonchev–Trinajstić information content (AvgIpc) is 3.26. The van der Waals surface area contributed by atoms with Gasteiger partial charge >= 0.3 is 0 Å². The Morgan fingerprint density at radius 1 is 1.23 bits per heavy atom. The van der Waals surface area contributed by atoms with E-state index in [9.17, 15) is 15.0 Å². The van der Waals surface area contributed by atoms with Gasteiger partial charge in [0.1, 0.15) is 40.6 Å². The maximum Gasteiger partial charge on any atom is 0.250 e. The molecule has 2 N–H and O–H groups in total.